The molecule has 4 aliphatic rings. The van der Waals surface area contributed by atoms with Crippen LogP contribution >= 0.6 is 0 Å². The second-order valence-corrected chi connectivity index (χ2v) is 10.7. The van der Waals surface area contributed by atoms with Crippen LogP contribution in [0.4, 0.5) is 5.69 Å². The molecule has 1 saturated carbocycles. The maximum Gasteiger partial charge on any atom is 0.241 e. The highest BCUT2D eigenvalue weighted by Gasteiger charge is 2.67. The van der Waals surface area contributed by atoms with E-state index in [1.807, 2.05) is 31.2 Å². The quantitative estimate of drug-likeness (QED) is 0.497. The molecular formula is C30H28N2O5. The number of hydrogen-bond acceptors (Lipinski definition) is 5. The lowest BCUT2D eigenvalue weighted by molar-refractivity contribution is -0.131. The lowest BCUT2D eigenvalue weighted by atomic mass is 9.51. The van der Waals surface area contributed by atoms with Gasteiger partial charge in [-0.2, -0.15) is 0 Å². The number of anilines is 1. The van der Waals surface area contributed by atoms with Crippen LogP contribution in [0.5, 0.6) is 5.75 Å². The van der Waals surface area contributed by atoms with Crippen LogP contribution in [0.3, 0.4) is 0 Å². The molecule has 2 aliphatic heterocycles. The number of aromatic hydroxyl groups is 1. The number of rotatable bonds is 4. The smallest absolute Gasteiger partial charge is 0.241 e. The summed E-state index contributed by atoms with van der Waals surface area (Å²) < 4.78 is 0. The van der Waals surface area contributed by atoms with Gasteiger partial charge in [0.15, 0.2) is 0 Å². The summed E-state index contributed by atoms with van der Waals surface area (Å²) >= 11 is 0. The lowest BCUT2D eigenvalue weighted by Gasteiger charge is -2.49. The van der Waals surface area contributed by atoms with Crippen LogP contribution < -0.4 is 10.2 Å². The molecular weight excluding hydrogens is 468 g/mol. The predicted octanol–water partition coefficient (Wildman–Crippen LogP) is 3.64. The van der Waals surface area contributed by atoms with Crippen LogP contribution in [0, 0.1) is 29.1 Å². The summed E-state index contributed by atoms with van der Waals surface area (Å²) in [5.41, 5.74) is 1.41. The van der Waals surface area contributed by atoms with Gasteiger partial charge in [-0.1, -0.05) is 54.1 Å². The topological polar surface area (TPSA) is 104 Å². The summed E-state index contributed by atoms with van der Waals surface area (Å²) in [7, 11) is 0. The standard InChI is InChI=1S/C30H28N2O5/c1-3-8-16-9-7-12-20(25(16)33)24-18-13-14-19-23(27(35)31-26(19)34)21(18)15-22-28(36)32(29(37)30(22,24)2)17-10-5-4-6-11-17/h3-7,9-13,19,21-24,33H,1,8,14-15H2,2H3,(H,31,34,35). The minimum absolute atomic E-state index is 0.0707. The summed E-state index contributed by atoms with van der Waals surface area (Å²) in [5, 5.41) is 13.9. The first-order valence-corrected chi connectivity index (χ1v) is 12.7. The molecule has 4 amide bonds. The van der Waals surface area contributed by atoms with Crippen molar-refractivity contribution in [1.82, 2.24) is 5.32 Å². The SMILES string of the molecule is C=CCc1cccc(C2C3=CCC4C(=O)NC(=O)C4C3CC3C(=O)N(c4ccccc4)C(=O)C32C)c1O. The van der Waals surface area contributed by atoms with Gasteiger partial charge in [0.05, 0.1) is 28.9 Å². The van der Waals surface area contributed by atoms with Crippen LogP contribution in [0.25, 0.3) is 0 Å². The number of imide groups is 2. The Morgan fingerprint density at radius 3 is 2.54 bits per heavy atom. The molecule has 0 aromatic heterocycles. The van der Waals surface area contributed by atoms with Crippen molar-refractivity contribution in [3.63, 3.8) is 0 Å². The van der Waals surface area contributed by atoms with Crippen LogP contribution in [0.15, 0.2) is 72.8 Å². The summed E-state index contributed by atoms with van der Waals surface area (Å²) in [5.74, 6) is -3.97. The van der Waals surface area contributed by atoms with E-state index >= 15 is 0 Å². The second kappa shape index (κ2) is 8.26. The lowest BCUT2D eigenvalue weighted by Crippen LogP contribution is -2.48. The molecule has 0 spiro atoms. The van der Waals surface area contributed by atoms with Gasteiger partial charge in [0, 0.05) is 11.5 Å². The normalized spacial score (nSPS) is 32.4. The predicted molar refractivity (Wildman–Crippen MR) is 136 cm³/mol. The van der Waals surface area contributed by atoms with Crippen molar-refractivity contribution in [3.8, 4) is 5.75 Å². The van der Waals surface area contributed by atoms with Gasteiger partial charge in [0.1, 0.15) is 5.75 Å². The minimum atomic E-state index is -1.18. The number of nitrogens with one attached hydrogen (secondary N) is 1. The molecule has 2 aliphatic carbocycles. The Balaban J connectivity index is 1.57. The number of phenols is 1. The number of para-hydroxylation sites is 2. The average molecular weight is 497 g/mol. The first-order valence-electron chi connectivity index (χ1n) is 12.7. The van der Waals surface area contributed by atoms with E-state index in [0.29, 0.717) is 36.1 Å². The summed E-state index contributed by atoms with van der Waals surface area (Å²) in [6.07, 6.45) is 4.79. The van der Waals surface area contributed by atoms with Crippen LogP contribution in [-0.2, 0) is 25.6 Å². The minimum Gasteiger partial charge on any atom is -0.507 e. The molecule has 2 N–H and O–H groups in total. The zero-order valence-corrected chi connectivity index (χ0v) is 20.5. The second-order valence-electron chi connectivity index (χ2n) is 10.7. The third-order valence-electron chi connectivity index (χ3n) is 8.96. The number of nitrogens with zero attached hydrogens (tertiary/aromatic N) is 1. The number of carbonyl (C=O) groups excluding carboxylic acids is 4. The van der Waals surface area contributed by atoms with Gasteiger partial charge >= 0.3 is 0 Å². The van der Waals surface area contributed by atoms with Gasteiger partial charge in [-0.25, -0.2) is 4.90 Å². The molecule has 0 bridgehead atoms. The number of hydrogen-bond donors (Lipinski definition) is 2. The number of amides is 4. The maximum absolute atomic E-state index is 14.2. The van der Waals surface area contributed by atoms with Crippen molar-refractivity contribution >= 4 is 29.3 Å². The Bertz CT molecular complexity index is 1400. The highest BCUT2D eigenvalue weighted by atomic mass is 16.3. The molecule has 2 aromatic rings. The molecule has 2 aromatic carbocycles. The molecule has 7 heteroatoms. The molecule has 3 fully saturated rings. The van der Waals surface area contributed by atoms with Gasteiger partial charge in [-0.15, -0.1) is 6.58 Å². The van der Waals surface area contributed by atoms with Crippen molar-refractivity contribution in [2.24, 2.45) is 29.1 Å². The first-order chi connectivity index (χ1) is 17.8. The fraction of sp³-hybridized carbons (Fsp3) is 0.333. The molecule has 37 heavy (non-hydrogen) atoms. The summed E-state index contributed by atoms with van der Waals surface area (Å²) in [4.78, 5) is 54.9. The van der Waals surface area contributed by atoms with E-state index in [2.05, 4.69) is 11.9 Å². The number of fused-ring (bicyclic) bond motifs is 4. The highest BCUT2D eigenvalue weighted by Crippen LogP contribution is 2.64. The Labute approximate surface area is 214 Å². The van der Waals surface area contributed by atoms with E-state index < -0.39 is 29.1 Å². The zero-order valence-electron chi connectivity index (χ0n) is 20.5. The number of phenolic OH excluding ortho intramolecular Hbond substituents is 1. The Morgan fingerprint density at radius 1 is 1.05 bits per heavy atom. The van der Waals surface area contributed by atoms with Gasteiger partial charge in [0.25, 0.3) is 0 Å². The average Bonchev–Trinajstić information content (AvgIpc) is 3.29. The Hall–Kier alpha value is -4.00. The van der Waals surface area contributed by atoms with Crippen LogP contribution in [-0.4, -0.2) is 28.7 Å². The van der Waals surface area contributed by atoms with Gasteiger partial charge in [0.2, 0.25) is 23.6 Å². The van der Waals surface area contributed by atoms with E-state index in [1.54, 1.807) is 36.4 Å². The van der Waals surface area contributed by atoms with Crippen molar-refractivity contribution in [3.05, 3.63) is 84.0 Å². The fourth-order valence-electron chi connectivity index (χ4n) is 7.26. The van der Waals surface area contributed by atoms with E-state index in [0.717, 1.165) is 5.57 Å². The Kier molecular flexibility index (Phi) is 5.23. The van der Waals surface area contributed by atoms with Crippen molar-refractivity contribution in [2.75, 3.05) is 4.90 Å². The van der Waals surface area contributed by atoms with Gasteiger partial charge in [-0.05, 0) is 49.8 Å². The zero-order chi connectivity index (χ0) is 26.1. The van der Waals surface area contributed by atoms with E-state index in [1.165, 1.54) is 4.90 Å². The number of allylic oxidation sites excluding steroid dienone is 3. The Morgan fingerprint density at radius 2 is 1.81 bits per heavy atom. The van der Waals surface area contributed by atoms with E-state index in [4.69, 9.17) is 0 Å². The molecule has 6 atom stereocenters. The molecule has 0 radical (unpaired) electrons. The maximum atomic E-state index is 14.2. The van der Waals surface area contributed by atoms with Gasteiger partial charge < -0.3 is 5.11 Å². The number of carbonyl (C=O) groups is 4. The van der Waals surface area contributed by atoms with Crippen molar-refractivity contribution < 1.29 is 24.3 Å². The van der Waals surface area contributed by atoms with Crippen LogP contribution in [0.2, 0.25) is 0 Å². The fourth-order valence-corrected chi connectivity index (χ4v) is 7.26. The van der Waals surface area contributed by atoms with Gasteiger partial charge in [-0.3, -0.25) is 24.5 Å². The molecule has 188 valence electrons. The number of benzene rings is 2. The van der Waals surface area contributed by atoms with E-state index in [9.17, 15) is 24.3 Å². The molecule has 7 nitrogen and oxygen atoms in total. The molecule has 6 unspecified atom stereocenters. The largest absolute Gasteiger partial charge is 0.507 e. The van der Waals surface area contributed by atoms with E-state index in [-0.39, 0.29) is 35.3 Å². The molecule has 2 saturated heterocycles. The molecule has 6 rings (SSSR count). The third-order valence-corrected chi connectivity index (χ3v) is 8.96. The summed E-state index contributed by atoms with van der Waals surface area (Å²) in [6.45, 7) is 5.60. The molecule has 2 heterocycles. The third kappa shape index (κ3) is 3.12. The van der Waals surface area contributed by atoms with Crippen molar-refractivity contribution in [2.45, 2.75) is 32.1 Å². The first kappa shape index (κ1) is 23.4. The van der Waals surface area contributed by atoms with Crippen molar-refractivity contribution in [1.29, 1.82) is 0 Å². The van der Waals surface area contributed by atoms with Crippen LogP contribution in [0.1, 0.15) is 36.8 Å². The highest BCUT2D eigenvalue weighted by molar-refractivity contribution is 6.24. The monoisotopic (exact) mass is 496 g/mol. The summed E-state index contributed by atoms with van der Waals surface area (Å²) in [6, 6.07) is 14.3.